The van der Waals surface area contributed by atoms with Gasteiger partial charge in [0, 0.05) is 11.1 Å². The first-order valence-corrected chi connectivity index (χ1v) is 5.98. The van der Waals surface area contributed by atoms with Crippen LogP contribution in [0.2, 0.25) is 0 Å². The lowest BCUT2D eigenvalue weighted by molar-refractivity contribution is 0.0954. The fraction of sp³-hybridized carbons (Fsp3) is 0.0667. The molecule has 0 saturated heterocycles. The van der Waals surface area contributed by atoms with Gasteiger partial charge in [0.1, 0.15) is 11.5 Å². The van der Waals surface area contributed by atoms with Gasteiger partial charge in [0.2, 0.25) is 0 Å². The van der Waals surface area contributed by atoms with Crippen LogP contribution in [0.4, 0.5) is 0 Å². The van der Waals surface area contributed by atoms with Crippen molar-refractivity contribution in [2.75, 3.05) is 0 Å². The number of benzene rings is 2. The van der Waals surface area contributed by atoms with E-state index in [0.717, 1.165) is 5.56 Å². The van der Waals surface area contributed by atoms with Crippen molar-refractivity contribution in [3.8, 4) is 11.5 Å². The SMILES string of the molecule is Cc1cc(O)cc(C(=O)N/N=C\c2ccccc2O)c1. The number of nitrogens with zero attached hydrogens (tertiary/aromatic N) is 1. The van der Waals surface area contributed by atoms with E-state index < -0.39 is 5.91 Å². The summed E-state index contributed by atoms with van der Waals surface area (Å²) in [6.07, 6.45) is 1.35. The summed E-state index contributed by atoms with van der Waals surface area (Å²) in [6.45, 7) is 1.78. The second kappa shape index (κ2) is 5.88. The first-order chi connectivity index (χ1) is 9.56. The Labute approximate surface area is 116 Å². The summed E-state index contributed by atoms with van der Waals surface area (Å²) < 4.78 is 0. The Balaban J connectivity index is 2.07. The fourth-order valence-corrected chi connectivity index (χ4v) is 1.72. The molecule has 2 rings (SSSR count). The van der Waals surface area contributed by atoms with Gasteiger partial charge in [0.25, 0.3) is 5.91 Å². The fourth-order valence-electron chi connectivity index (χ4n) is 1.72. The molecule has 0 fully saturated rings. The van der Waals surface area contributed by atoms with Gasteiger partial charge in [-0.3, -0.25) is 4.79 Å². The van der Waals surface area contributed by atoms with Crippen LogP contribution in [-0.4, -0.2) is 22.3 Å². The number of aryl methyl sites for hydroxylation is 1. The minimum atomic E-state index is -0.435. The van der Waals surface area contributed by atoms with E-state index in [1.54, 1.807) is 37.3 Å². The average Bonchev–Trinajstić information content (AvgIpc) is 2.39. The van der Waals surface area contributed by atoms with E-state index in [9.17, 15) is 15.0 Å². The first-order valence-electron chi connectivity index (χ1n) is 5.98. The molecule has 2 aromatic carbocycles. The number of para-hydroxylation sites is 1. The van der Waals surface area contributed by atoms with Gasteiger partial charge in [-0.05, 0) is 42.8 Å². The lowest BCUT2D eigenvalue weighted by atomic mass is 10.1. The Morgan fingerprint density at radius 1 is 1.20 bits per heavy atom. The topological polar surface area (TPSA) is 81.9 Å². The van der Waals surface area contributed by atoms with Gasteiger partial charge >= 0.3 is 0 Å². The minimum absolute atomic E-state index is 0.0276. The number of hydrazone groups is 1. The number of hydrogen-bond donors (Lipinski definition) is 3. The molecule has 0 radical (unpaired) electrons. The molecule has 0 spiro atoms. The number of nitrogens with one attached hydrogen (secondary N) is 1. The largest absolute Gasteiger partial charge is 0.508 e. The molecule has 5 heteroatoms. The maximum absolute atomic E-state index is 11.8. The van der Waals surface area contributed by atoms with Crippen molar-refractivity contribution >= 4 is 12.1 Å². The van der Waals surface area contributed by atoms with Gasteiger partial charge in [0.15, 0.2) is 0 Å². The van der Waals surface area contributed by atoms with E-state index in [0.29, 0.717) is 11.1 Å². The van der Waals surface area contributed by atoms with Crippen LogP contribution in [0.5, 0.6) is 11.5 Å². The highest BCUT2D eigenvalue weighted by atomic mass is 16.3. The maximum atomic E-state index is 11.8. The predicted molar refractivity (Wildman–Crippen MR) is 76.0 cm³/mol. The van der Waals surface area contributed by atoms with Gasteiger partial charge in [-0.1, -0.05) is 12.1 Å². The highest BCUT2D eigenvalue weighted by molar-refractivity contribution is 5.95. The van der Waals surface area contributed by atoms with Crippen molar-refractivity contribution < 1.29 is 15.0 Å². The Morgan fingerprint density at radius 2 is 1.95 bits per heavy atom. The van der Waals surface area contributed by atoms with Crippen molar-refractivity contribution in [2.45, 2.75) is 6.92 Å². The molecule has 1 amide bonds. The zero-order chi connectivity index (χ0) is 14.5. The monoisotopic (exact) mass is 270 g/mol. The van der Waals surface area contributed by atoms with Crippen LogP contribution in [0.1, 0.15) is 21.5 Å². The van der Waals surface area contributed by atoms with E-state index in [2.05, 4.69) is 10.5 Å². The number of carbonyl (C=O) groups is 1. The molecular weight excluding hydrogens is 256 g/mol. The van der Waals surface area contributed by atoms with Crippen molar-refractivity contribution in [1.29, 1.82) is 0 Å². The van der Waals surface area contributed by atoms with Crippen LogP contribution in [0.25, 0.3) is 0 Å². The van der Waals surface area contributed by atoms with Gasteiger partial charge in [0.05, 0.1) is 6.21 Å². The molecule has 0 aliphatic carbocycles. The molecule has 20 heavy (non-hydrogen) atoms. The standard InChI is InChI=1S/C15H14N2O3/c1-10-6-12(8-13(18)7-10)15(20)17-16-9-11-4-2-3-5-14(11)19/h2-9,18-19H,1H3,(H,17,20)/b16-9-. The third-order valence-corrected chi connectivity index (χ3v) is 2.63. The molecule has 3 N–H and O–H groups in total. The Bertz CT molecular complexity index is 646. The molecule has 0 atom stereocenters. The van der Waals surface area contributed by atoms with E-state index in [-0.39, 0.29) is 11.5 Å². The summed E-state index contributed by atoms with van der Waals surface area (Å²) in [7, 11) is 0. The first kappa shape index (κ1) is 13.6. The highest BCUT2D eigenvalue weighted by Gasteiger charge is 2.06. The molecular formula is C15H14N2O3. The van der Waals surface area contributed by atoms with E-state index in [1.807, 2.05) is 0 Å². The second-order valence-electron chi connectivity index (χ2n) is 4.32. The molecule has 0 heterocycles. The summed E-state index contributed by atoms with van der Waals surface area (Å²) in [4.78, 5) is 11.8. The van der Waals surface area contributed by atoms with E-state index in [1.165, 1.54) is 18.3 Å². The predicted octanol–water partition coefficient (Wildman–Crippen LogP) is 2.17. The van der Waals surface area contributed by atoms with Crippen molar-refractivity contribution in [3.63, 3.8) is 0 Å². The number of aromatic hydroxyl groups is 2. The normalized spacial score (nSPS) is 10.7. The number of carbonyl (C=O) groups excluding carboxylic acids is 1. The Kier molecular flexibility index (Phi) is 4.00. The summed E-state index contributed by atoms with van der Waals surface area (Å²) in [6, 6.07) is 11.2. The summed E-state index contributed by atoms with van der Waals surface area (Å²) in [5.41, 5.74) is 3.93. The molecule has 2 aromatic rings. The van der Waals surface area contributed by atoms with Gasteiger partial charge in [-0.25, -0.2) is 5.43 Å². The lowest BCUT2D eigenvalue weighted by Gasteiger charge is -2.03. The summed E-state index contributed by atoms with van der Waals surface area (Å²) in [5.74, 6) is -0.325. The Morgan fingerprint density at radius 3 is 2.65 bits per heavy atom. The summed E-state index contributed by atoms with van der Waals surface area (Å²) in [5, 5.41) is 22.7. The molecule has 0 aliphatic heterocycles. The highest BCUT2D eigenvalue weighted by Crippen LogP contribution is 2.15. The number of phenolic OH excluding ortho intramolecular Hbond substituents is 2. The molecule has 0 unspecified atom stereocenters. The molecule has 0 aliphatic rings. The number of phenols is 2. The quantitative estimate of drug-likeness (QED) is 0.590. The van der Waals surface area contributed by atoms with Crippen LogP contribution >= 0.6 is 0 Å². The lowest BCUT2D eigenvalue weighted by Crippen LogP contribution is -2.17. The number of hydrogen-bond acceptors (Lipinski definition) is 4. The molecule has 5 nitrogen and oxygen atoms in total. The molecule has 0 aromatic heterocycles. The average molecular weight is 270 g/mol. The molecule has 0 bridgehead atoms. The van der Waals surface area contributed by atoms with Gasteiger partial charge < -0.3 is 10.2 Å². The zero-order valence-electron chi connectivity index (χ0n) is 10.9. The second-order valence-corrected chi connectivity index (χ2v) is 4.32. The molecule has 0 saturated carbocycles. The van der Waals surface area contributed by atoms with Crippen molar-refractivity contribution in [2.24, 2.45) is 5.10 Å². The smallest absolute Gasteiger partial charge is 0.271 e. The van der Waals surface area contributed by atoms with Crippen molar-refractivity contribution in [1.82, 2.24) is 5.43 Å². The van der Waals surface area contributed by atoms with Gasteiger partial charge in [-0.15, -0.1) is 0 Å². The zero-order valence-corrected chi connectivity index (χ0v) is 10.9. The van der Waals surface area contributed by atoms with Crippen LogP contribution in [0.3, 0.4) is 0 Å². The van der Waals surface area contributed by atoms with Crippen LogP contribution in [0.15, 0.2) is 47.6 Å². The van der Waals surface area contributed by atoms with Crippen LogP contribution in [-0.2, 0) is 0 Å². The maximum Gasteiger partial charge on any atom is 0.271 e. The van der Waals surface area contributed by atoms with Gasteiger partial charge in [-0.2, -0.15) is 5.10 Å². The third kappa shape index (κ3) is 3.35. The number of rotatable bonds is 3. The number of amides is 1. The summed E-state index contributed by atoms with van der Waals surface area (Å²) >= 11 is 0. The van der Waals surface area contributed by atoms with Crippen molar-refractivity contribution in [3.05, 3.63) is 59.2 Å². The third-order valence-electron chi connectivity index (χ3n) is 2.63. The van der Waals surface area contributed by atoms with Crippen LogP contribution in [0, 0.1) is 6.92 Å². The van der Waals surface area contributed by atoms with E-state index >= 15 is 0 Å². The molecule has 102 valence electrons. The van der Waals surface area contributed by atoms with Crippen LogP contribution < -0.4 is 5.43 Å². The Hall–Kier alpha value is -2.82. The minimum Gasteiger partial charge on any atom is -0.508 e. The van der Waals surface area contributed by atoms with E-state index in [4.69, 9.17) is 0 Å².